The molecule has 1 aromatic heterocycles. The molecule has 7 heteroatoms. The van der Waals surface area contributed by atoms with Crippen molar-refractivity contribution in [3.05, 3.63) is 11.1 Å². The number of amides is 2. The second-order valence-electron chi connectivity index (χ2n) is 5.73. The monoisotopic (exact) mass is 311 g/mol. The number of hydrogen-bond donors (Lipinski definition) is 1. The maximum Gasteiger partial charge on any atom is 0.323 e. The molecule has 3 rings (SSSR count). The minimum Gasteiger partial charge on any atom is -0.378 e. The molecule has 2 amide bonds. The van der Waals surface area contributed by atoms with Crippen molar-refractivity contribution < 1.29 is 14.3 Å². The van der Waals surface area contributed by atoms with E-state index >= 15 is 0 Å². The van der Waals surface area contributed by atoms with E-state index in [1.54, 1.807) is 7.11 Å². The Balaban J connectivity index is 1.58. The smallest absolute Gasteiger partial charge is 0.323 e. The van der Waals surface area contributed by atoms with E-state index in [9.17, 15) is 4.79 Å². The Kier molecular flexibility index (Phi) is 4.42. The molecule has 1 aliphatic heterocycles. The highest BCUT2D eigenvalue weighted by Crippen LogP contribution is 2.36. The van der Waals surface area contributed by atoms with E-state index in [1.165, 1.54) is 24.2 Å². The van der Waals surface area contributed by atoms with Crippen LogP contribution in [0.4, 0.5) is 9.93 Å². The van der Waals surface area contributed by atoms with Crippen LogP contribution in [-0.2, 0) is 16.1 Å². The fourth-order valence-corrected chi connectivity index (χ4v) is 3.31. The Morgan fingerprint density at radius 2 is 2.38 bits per heavy atom. The number of anilines is 1. The summed E-state index contributed by atoms with van der Waals surface area (Å²) in [5.74, 6) is 0.635. The molecule has 0 aromatic carbocycles. The zero-order valence-corrected chi connectivity index (χ0v) is 13.2. The summed E-state index contributed by atoms with van der Waals surface area (Å²) in [7, 11) is 1.63. The van der Waals surface area contributed by atoms with Gasteiger partial charge in [0.1, 0.15) is 0 Å². The van der Waals surface area contributed by atoms with Crippen molar-refractivity contribution in [2.24, 2.45) is 5.92 Å². The Labute approximate surface area is 128 Å². The molecule has 6 nitrogen and oxygen atoms in total. The molecular weight excluding hydrogens is 290 g/mol. The van der Waals surface area contributed by atoms with Crippen LogP contribution in [0, 0.1) is 5.92 Å². The highest BCUT2D eigenvalue weighted by molar-refractivity contribution is 7.13. The molecule has 21 heavy (non-hydrogen) atoms. The number of rotatable bonds is 4. The molecule has 0 unspecified atom stereocenters. The highest BCUT2D eigenvalue weighted by Gasteiger charge is 2.38. The van der Waals surface area contributed by atoms with Crippen LogP contribution >= 0.6 is 11.3 Å². The van der Waals surface area contributed by atoms with E-state index in [4.69, 9.17) is 9.47 Å². The lowest BCUT2D eigenvalue weighted by Crippen LogP contribution is -2.51. The summed E-state index contributed by atoms with van der Waals surface area (Å²) in [5.41, 5.74) is 0.837. The Morgan fingerprint density at radius 3 is 3.10 bits per heavy atom. The third kappa shape index (κ3) is 3.72. The van der Waals surface area contributed by atoms with E-state index in [2.05, 4.69) is 10.3 Å². The maximum atomic E-state index is 12.4. The SMILES string of the molecule is COCc1csc(NC(=O)N2C[C@@H](C)O[C@@H](C3CC3)C2)n1. The highest BCUT2D eigenvalue weighted by atomic mass is 32.1. The van der Waals surface area contributed by atoms with Crippen molar-refractivity contribution in [3.8, 4) is 0 Å². The number of nitrogens with one attached hydrogen (secondary N) is 1. The molecule has 2 heterocycles. The zero-order chi connectivity index (χ0) is 14.8. The number of urea groups is 1. The number of morpholine rings is 1. The van der Waals surface area contributed by atoms with Gasteiger partial charge in [-0.1, -0.05) is 0 Å². The molecule has 0 bridgehead atoms. The van der Waals surface area contributed by atoms with Crippen molar-refractivity contribution in [2.75, 3.05) is 25.5 Å². The fraction of sp³-hybridized carbons (Fsp3) is 0.714. The number of thiazole rings is 1. The van der Waals surface area contributed by atoms with Crippen LogP contribution in [0.3, 0.4) is 0 Å². The van der Waals surface area contributed by atoms with Crippen LogP contribution in [0.25, 0.3) is 0 Å². The van der Waals surface area contributed by atoms with Crippen LogP contribution in [0.15, 0.2) is 5.38 Å². The van der Waals surface area contributed by atoms with E-state index < -0.39 is 0 Å². The first-order valence-electron chi connectivity index (χ1n) is 7.30. The number of ether oxygens (including phenoxy) is 2. The molecule has 2 aliphatic rings. The van der Waals surface area contributed by atoms with Crippen LogP contribution in [0.1, 0.15) is 25.5 Å². The lowest BCUT2D eigenvalue weighted by Gasteiger charge is -2.36. The van der Waals surface area contributed by atoms with Crippen LogP contribution in [0.5, 0.6) is 0 Å². The molecule has 2 atom stereocenters. The van der Waals surface area contributed by atoms with Gasteiger partial charge in [0.15, 0.2) is 5.13 Å². The minimum absolute atomic E-state index is 0.0888. The molecule has 1 aliphatic carbocycles. The molecule has 1 saturated carbocycles. The molecule has 1 aromatic rings. The van der Waals surface area contributed by atoms with Gasteiger partial charge in [-0.25, -0.2) is 9.78 Å². The van der Waals surface area contributed by atoms with Gasteiger partial charge in [0, 0.05) is 25.6 Å². The Morgan fingerprint density at radius 1 is 1.57 bits per heavy atom. The van der Waals surface area contributed by atoms with E-state index in [-0.39, 0.29) is 18.2 Å². The van der Waals surface area contributed by atoms with Crippen molar-refractivity contribution in [1.82, 2.24) is 9.88 Å². The summed E-state index contributed by atoms with van der Waals surface area (Å²) in [4.78, 5) is 18.5. The molecule has 116 valence electrons. The maximum absolute atomic E-state index is 12.4. The van der Waals surface area contributed by atoms with Gasteiger partial charge in [-0.05, 0) is 25.7 Å². The fourth-order valence-electron chi connectivity index (χ4n) is 2.63. The van der Waals surface area contributed by atoms with Gasteiger partial charge in [0.25, 0.3) is 0 Å². The van der Waals surface area contributed by atoms with Gasteiger partial charge in [-0.2, -0.15) is 0 Å². The van der Waals surface area contributed by atoms with Crippen molar-refractivity contribution >= 4 is 22.5 Å². The number of carbonyl (C=O) groups is 1. The number of aromatic nitrogens is 1. The molecule has 0 spiro atoms. The van der Waals surface area contributed by atoms with Crippen LogP contribution in [0.2, 0.25) is 0 Å². The van der Waals surface area contributed by atoms with E-state index in [0.29, 0.717) is 30.7 Å². The Hall–Kier alpha value is -1.18. The number of methoxy groups -OCH3 is 1. The summed E-state index contributed by atoms with van der Waals surface area (Å²) >= 11 is 1.42. The second-order valence-corrected chi connectivity index (χ2v) is 6.59. The quantitative estimate of drug-likeness (QED) is 0.927. The first-order valence-corrected chi connectivity index (χ1v) is 8.18. The lowest BCUT2D eigenvalue weighted by molar-refractivity contribution is -0.0717. The van der Waals surface area contributed by atoms with Gasteiger partial charge in [-0.15, -0.1) is 11.3 Å². The first kappa shape index (κ1) is 14.7. The number of nitrogens with zero attached hydrogens (tertiary/aromatic N) is 2. The second kappa shape index (κ2) is 6.29. The van der Waals surface area contributed by atoms with Crippen molar-refractivity contribution in [2.45, 2.75) is 38.6 Å². The largest absolute Gasteiger partial charge is 0.378 e. The average Bonchev–Trinajstić information content (AvgIpc) is 3.21. The third-order valence-corrected chi connectivity index (χ3v) is 4.58. The molecule has 2 fully saturated rings. The summed E-state index contributed by atoms with van der Waals surface area (Å²) in [6.45, 7) is 3.79. The Bertz CT molecular complexity index is 503. The normalized spacial score (nSPS) is 25.9. The lowest BCUT2D eigenvalue weighted by atomic mass is 10.1. The van der Waals surface area contributed by atoms with Gasteiger partial charge >= 0.3 is 6.03 Å². The van der Waals surface area contributed by atoms with Gasteiger partial charge < -0.3 is 14.4 Å². The predicted molar refractivity (Wildman–Crippen MR) is 80.5 cm³/mol. The topological polar surface area (TPSA) is 63.7 Å². The predicted octanol–water partition coefficient (Wildman–Crippen LogP) is 2.32. The summed E-state index contributed by atoms with van der Waals surface area (Å²) in [5, 5.41) is 5.39. The number of hydrogen-bond acceptors (Lipinski definition) is 5. The molecule has 0 radical (unpaired) electrons. The average molecular weight is 311 g/mol. The van der Waals surface area contributed by atoms with Crippen LogP contribution in [-0.4, -0.2) is 48.3 Å². The number of carbonyl (C=O) groups excluding carboxylic acids is 1. The summed E-state index contributed by atoms with van der Waals surface area (Å²) in [6.07, 6.45) is 2.73. The summed E-state index contributed by atoms with van der Waals surface area (Å²) in [6, 6.07) is -0.0888. The molecular formula is C14H21N3O3S. The van der Waals surface area contributed by atoms with Gasteiger partial charge in [-0.3, -0.25) is 5.32 Å². The minimum atomic E-state index is -0.0888. The standard InChI is InChI=1S/C14H21N3O3S/c1-9-5-17(6-12(20-9)10-3-4-10)14(18)16-13-15-11(7-19-2)8-21-13/h8-10,12H,3-7H2,1-2H3,(H,15,16,18)/t9-,12-/m1/s1. The van der Waals surface area contributed by atoms with E-state index in [1.807, 2.05) is 17.2 Å². The summed E-state index contributed by atoms with van der Waals surface area (Å²) < 4.78 is 11.0. The zero-order valence-electron chi connectivity index (χ0n) is 12.4. The van der Waals surface area contributed by atoms with Crippen molar-refractivity contribution in [1.29, 1.82) is 0 Å². The van der Waals surface area contributed by atoms with Gasteiger partial charge in [0.05, 0.1) is 24.5 Å². The molecule has 1 N–H and O–H groups in total. The molecule has 1 saturated heterocycles. The third-order valence-electron chi connectivity index (χ3n) is 3.78. The van der Waals surface area contributed by atoms with E-state index in [0.717, 1.165) is 5.69 Å². The van der Waals surface area contributed by atoms with Crippen molar-refractivity contribution in [3.63, 3.8) is 0 Å². The first-order chi connectivity index (χ1) is 10.2. The van der Waals surface area contributed by atoms with Crippen LogP contribution < -0.4 is 5.32 Å². The van der Waals surface area contributed by atoms with Gasteiger partial charge in [0.2, 0.25) is 0 Å².